The molecular weight excluding hydrogens is 370 g/mol. The van der Waals surface area contributed by atoms with Gasteiger partial charge in [0.1, 0.15) is 5.00 Å². The Balaban J connectivity index is 1.97. The molecule has 0 radical (unpaired) electrons. The summed E-state index contributed by atoms with van der Waals surface area (Å²) in [5, 5.41) is 14.7. The highest BCUT2D eigenvalue weighted by Crippen LogP contribution is 2.40. The predicted molar refractivity (Wildman–Crippen MR) is 99.3 cm³/mol. The third-order valence-corrected chi connectivity index (χ3v) is 5.74. The number of aryl methyl sites for hydroxylation is 1. The van der Waals surface area contributed by atoms with E-state index in [2.05, 4.69) is 5.32 Å². The highest BCUT2D eigenvalue weighted by atomic mass is 32.1. The quantitative estimate of drug-likeness (QED) is 0.813. The molecule has 0 saturated carbocycles. The molecule has 0 fully saturated rings. The Labute approximate surface area is 160 Å². The number of carbonyl (C=O) groups excluding carboxylic acids is 2. The molecule has 27 heavy (non-hydrogen) atoms. The van der Waals surface area contributed by atoms with Crippen LogP contribution in [0.15, 0.2) is 12.1 Å². The molecule has 7 nitrogen and oxygen atoms in total. The van der Waals surface area contributed by atoms with Crippen molar-refractivity contribution in [3.63, 3.8) is 0 Å². The average molecular weight is 390 g/mol. The largest absolute Gasteiger partial charge is 0.545 e. The van der Waals surface area contributed by atoms with Crippen LogP contribution in [-0.4, -0.2) is 33.2 Å². The van der Waals surface area contributed by atoms with E-state index in [1.807, 2.05) is 0 Å². The van der Waals surface area contributed by atoms with Crippen molar-refractivity contribution < 1.29 is 28.9 Å². The van der Waals surface area contributed by atoms with E-state index in [-0.39, 0.29) is 11.1 Å². The first-order valence-corrected chi connectivity index (χ1v) is 9.29. The summed E-state index contributed by atoms with van der Waals surface area (Å²) in [5.41, 5.74) is 1.14. The summed E-state index contributed by atoms with van der Waals surface area (Å²) < 4.78 is 15.8. The van der Waals surface area contributed by atoms with Crippen LogP contribution in [0, 0.1) is 0 Å². The van der Waals surface area contributed by atoms with E-state index in [9.17, 15) is 14.7 Å². The van der Waals surface area contributed by atoms with Crippen molar-refractivity contribution >= 4 is 28.2 Å². The number of carbonyl (C=O) groups is 2. The van der Waals surface area contributed by atoms with Crippen LogP contribution in [0.2, 0.25) is 0 Å². The molecule has 3 rings (SSSR count). The number of methoxy groups -OCH3 is 3. The number of amides is 1. The molecule has 0 atom stereocenters. The number of fused-ring (bicyclic) bond motifs is 1. The smallest absolute Gasteiger partial charge is 0.256 e. The van der Waals surface area contributed by atoms with E-state index in [1.165, 1.54) is 44.8 Å². The van der Waals surface area contributed by atoms with Crippen molar-refractivity contribution in [2.24, 2.45) is 0 Å². The van der Waals surface area contributed by atoms with E-state index in [0.717, 1.165) is 29.7 Å². The SMILES string of the molecule is COc1cc(C(=O)Nc2sc3c(c2C(=O)[O-])CCCC3)cc(OC)c1OC. The van der Waals surface area contributed by atoms with Gasteiger partial charge in [-0.15, -0.1) is 11.3 Å². The minimum absolute atomic E-state index is 0.0930. The van der Waals surface area contributed by atoms with Crippen LogP contribution < -0.4 is 24.6 Å². The van der Waals surface area contributed by atoms with Gasteiger partial charge in [0.25, 0.3) is 5.91 Å². The Morgan fingerprint density at radius 2 is 1.67 bits per heavy atom. The zero-order valence-corrected chi connectivity index (χ0v) is 16.2. The molecule has 2 aromatic rings. The fourth-order valence-electron chi connectivity index (χ4n) is 3.26. The molecule has 1 aliphatic carbocycles. The maximum absolute atomic E-state index is 12.8. The monoisotopic (exact) mass is 390 g/mol. The Morgan fingerprint density at radius 1 is 1.04 bits per heavy atom. The second-order valence-electron chi connectivity index (χ2n) is 6.07. The Hall–Kier alpha value is -2.74. The maximum atomic E-state index is 12.8. The highest BCUT2D eigenvalue weighted by Gasteiger charge is 2.24. The molecular formula is C19H20NO6S-. The van der Waals surface area contributed by atoms with Crippen molar-refractivity contribution in [1.82, 2.24) is 0 Å². The molecule has 1 aliphatic rings. The molecule has 0 spiro atoms. The number of thiophene rings is 1. The standard InChI is InChI=1S/C19H21NO6S/c1-24-12-8-10(9-13(25-2)16(12)26-3)17(21)20-18-15(19(22)23)11-6-4-5-7-14(11)27-18/h8-9H,4-7H2,1-3H3,(H,20,21)(H,22,23)/p-1. The number of hydrogen-bond acceptors (Lipinski definition) is 7. The molecule has 0 aliphatic heterocycles. The number of carboxylic acid groups (broad SMARTS) is 1. The van der Waals surface area contributed by atoms with Crippen molar-refractivity contribution in [1.29, 1.82) is 0 Å². The van der Waals surface area contributed by atoms with Gasteiger partial charge in [-0.25, -0.2) is 0 Å². The lowest BCUT2D eigenvalue weighted by molar-refractivity contribution is -0.254. The number of ether oxygens (including phenoxy) is 3. The van der Waals surface area contributed by atoms with Gasteiger partial charge in [-0.05, 0) is 43.4 Å². The molecule has 8 heteroatoms. The number of carboxylic acids is 1. The predicted octanol–water partition coefficient (Wildman–Crippen LogP) is 2.27. The highest BCUT2D eigenvalue weighted by molar-refractivity contribution is 7.17. The first-order chi connectivity index (χ1) is 13.0. The summed E-state index contributed by atoms with van der Waals surface area (Å²) in [6.45, 7) is 0. The van der Waals surface area contributed by atoms with Crippen LogP contribution in [0.4, 0.5) is 5.00 Å². The molecule has 0 saturated heterocycles. The number of anilines is 1. The third kappa shape index (κ3) is 3.57. The van der Waals surface area contributed by atoms with Gasteiger partial charge < -0.3 is 29.4 Å². The van der Waals surface area contributed by atoms with Crippen molar-refractivity contribution in [2.75, 3.05) is 26.6 Å². The zero-order valence-electron chi connectivity index (χ0n) is 15.3. The molecule has 1 aromatic heterocycles. The maximum Gasteiger partial charge on any atom is 0.256 e. The second-order valence-corrected chi connectivity index (χ2v) is 7.18. The number of hydrogen-bond donors (Lipinski definition) is 1. The lowest BCUT2D eigenvalue weighted by atomic mass is 9.95. The third-order valence-electron chi connectivity index (χ3n) is 4.53. The lowest BCUT2D eigenvalue weighted by Gasteiger charge is -2.15. The minimum atomic E-state index is -1.27. The molecule has 0 unspecified atom stereocenters. The fourth-order valence-corrected chi connectivity index (χ4v) is 4.53. The first-order valence-electron chi connectivity index (χ1n) is 8.47. The van der Waals surface area contributed by atoms with Crippen LogP contribution in [0.1, 0.15) is 44.0 Å². The summed E-state index contributed by atoms with van der Waals surface area (Å²) in [4.78, 5) is 25.4. The molecule has 1 amide bonds. The summed E-state index contributed by atoms with van der Waals surface area (Å²) in [6.07, 6.45) is 3.46. The van der Waals surface area contributed by atoms with Crippen molar-refractivity contribution in [3.8, 4) is 17.2 Å². The van der Waals surface area contributed by atoms with Gasteiger partial charge in [-0.2, -0.15) is 0 Å². The van der Waals surface area contributed by atoms with Gasteiger partial charge in [0.2, 0.25) is 5.75 Å². The second kappa shape index (κ2) is 7.87. The Kier molecular flexibility index (Phi) is 5.55. The van der Waals surface area contributed by atoms with Gasteiger partial charge in [0, 0.05) is 16.0 Å². The minimum Gasteiger partial charge on any atom is -0.545 e. The van der Waals surface area contributed by atoms with Crippen LogP contribution in [0.5, 0.6) is 17.2 Å². The molecule has 1 aromatic carbocycles. The Bertz CT molecular complexity index is 864. The fraction of sp³-hybridized carbons (Fsp3) is 0.368. The number of nitrogens with one attached hydrogen (secondary N) is 1. The van der Waals surface area contributed by atoms with Crippen LogP contribution in [0.25, 0.3) is 0 Å². The zero-order chi connectivity index (χ0) is 19.6. The van der Waals surface area contributed by atoms with E-state index < -0.39 is 11.9 Å². The van der Waals surface area contributed by atoms with Gasteiger partial charge >= 0.3 is 0 Å². The molecule has 0 bridgehead atoms. The van der Waals surface area contributed by atoms with Gasteiger partial charge in [-0.1, -0.05) is 0 Å². The molecule has 144 valence electrons. The number of benzene rings is 1. The normalized spacial score (nSPS) is 12.9. The van der Waals surface area contributed by atoms with Gasteiger partial charge in [-0.3, -0.25) is 4.79 Å². The summed E-state index contributed by atoms with van der Waals surface area (Å²) in [5.74, 6) is -0.677. The van der Waals surface area contributed by atoms with Crippen LogP contribution in [-0.2, 0) is 12.8 Å². The molecule has 1 N–H and O–H groups in total. The van der Waals surface area contributed by atoms with Crippen LogP contribution >= 0.6 is 11.3 Å². The lowest BCUT2D eigenvalue weighted by Crippen LogP contribution is -2.25. The number of aromatic carboxylic acids is 1. The summed E-state index contributed by atoms with van der Waals surface area (Å²) in [6, 6.07) is 3.03. The summed E-state index contributed by atoms with van der Waals surface area (Å²) >= 11 is 1.30. The molecule has 1 heterocycles. The van der Waals surface area contributed by atoms with Crippen LogP contribution in [0.3, 0.4) is 0 Å². The van der Waals surface area contributed by atoms with Gasteiger partial charge in [0.15, 0.2) is 11.5 Å². The van der Waals surface area contributed by atoms with E-state index >= 15 is 0 Å². The van der Waals surface area contributed by atoms with E-state index in [4.69, 9.17) is 14.2 Å². The van der Waals surface area contributed by atoms with E-state index in [1.54, 1.807) is 0 Å². The van der Waals surface area contributed by atoms with Gasteiger partial charge in [0.05, 0.1) is 27.3 Å². The summed E-state index contributed by atoms with van der Waals surface area (Å²) in [7, 11) is 4.39. The number of rotatable bonds is 6. The van der Waals surface area contributed by atoms with E-state index in [0.29, 0.717) is 28.7 Å². The van der Waals surface area contributed by atoms with Crippen molar-refractivity contribution in [3.05, 3.63) is 33.7 Å². The topological polar surface area (TPSA) is 96.9 Å². The first kappa shape index (κ1) is 19.0. The van der Waals surface area contributed by atoms with Crippen molar-refractivity contribution in [2.45, 2.75) is 25.7 Å². The average Bonchev–Trinajstić information content (AvgIpc) is 3.04. The Morgan fingerprint density at radius 3 is 2.22 bits per heavy atom.